The Hall–Kier alpha value is -3.40. The smallest absolute Gasteiger partial charge is 0.289 e. The summed E-state index contributed by atoms with van der Waals surface area (Å²) in [5, 5.41) is 18.0. The van der Waals surface area contributed by atoms with E-state index in [4.69, 9.17) is 0 Å². The van der Waals surface area contributed by atoms with Crippen molar-refractivity contribution in [1.29, 1.82) is 5.26 Å². The van der Waals surface area contributed by atoms with Crippen molar-refractivity contribution in [3.05, 3.63) is 68.5 Å². The SMILES string of the molecule is Cc1cc(C)n(/N=C\c2cc(C)n(-c3ccnn3C(C)C)c2C)c(=O)c1C#N. The predicted molar refractivity (Wildman–Crippen MR) is 109 cm³/mol. The summed E-state index contributed by atoms with van der Waals surface area (Å²) in [4.78, 5) is 12.5. The summed E-state index contributed by atoms with van der Waals surface area (Å²) in [6.07, 6.45) is 3.46. The summed E-state index contributed by atoms with van der Waals surface area (Å²) in [5.41, 5.74) is 4.02. The van der Waals surface area contributed by atoms with Crippen LogP contribution in [0.3, 0.4) is 0 Å². The van der Waals surface area contributed by atoms with E-state index in [9.17, 15) is 10.1 Å². The van der Waals surface area contributed by atoms with E-state index in [1.54, 1.807) is 32.3 Å². The number of hydrogen-bond donors (Lipinski definition) is 0. The third-order valence-electron chi connectivity index (χ3n) is 4.82. The van der Waals surface area contributed by atoms with Gasteiger partial charge in [0.1, 0.15) is 17.5 Å². The highest BCUT2D eigenvalue weighted by atomic mass is 16.1. The first kappa shape index (κ1) is 19.4. The van der Waals surface area contributed by atoms with E-state index in [1.165, 1.54) is 4.68 Å². The number of pyridine rings is 1. The Balaban J connectivity index is 2.08. The second kappa shape index (κ2) is 7.31. The lowest BCUT2D eigenvalue weighted by molar-refractivity contribution is 0.519. The molecule has 0 spiro atoms. The van der Waals surface area contributed by atoms with Crippen LogP contribution in [0.25, 0.3) is 5.82 Å². The Bertz CT molecular complexity index is 1170. The molecule has 144 valence electrons. The van der Waals surface area contributed by atoms with Gasteiger partial charge in [0, 0.05) is 34.8 Å². The summed E-state index contributed by atoms with van der Waals surface area (Å²) >= 11 is 0. The number of aromatic nitrogens is 4. The lowest BCUT2D eigenvalue weighted by atomic mass is 10.1. The molecule has 0 aliphatic carbocycles. The van der Waals surface area contributed by atoms with Crippen LogP contribution in [-0.2, 0) is 0 Å². The molecule has 7 nitrogen and oxygen atoms in total. The van der Waals surface area contributed by atoms with Gasteiger partial charge in [-0.05, 0) is 59.2 Å². The molecule has 0 aliphatic heterocycles. The van der Waals surface area contributed by atoms with Crippen molar-refractivity contribution in [2.24, 2.45) is 5.10 Å². The molecule has 0 aromatic carbocycles. The third kappa shape index (κ3) is 3.18. The molecule has 7 heteroatoms. The molecular formula is C21H24N6O. The Morgan fingerprint density at radius 2 is 1.89 bits per heavy atom. The van der Waals surface area contributed by atoms with Crippen LogP contribution in [0.15, 0.2) is 34.3 Å². The van der Waals surface area contributed by atoms with Crippen LogP contribution in [0.2, 0.25) is 0 Å². The largest absolute Gasteiger partial charge is 0.303 e. The van der Waals surface area contributed by atoms with Gasteiger partial charge >= 0.3 is 0 Å². The fraction of sp³-hybridized carbons (Fsp3) is 0.333. The van der Waals surface area contributed by atoms with Gasteiger partial charge in [-0.15, -0.1) is 0 Å². The van der Waals surface area contributed by atoms with Crippen molar-refractivity contribution in [3.8, 4) is 11.9 Å². The zero-order valence-corrected chi connectivity index (χ0v) is 17.1. The summed E-state index contributed by atoms with van der Waals surface area (Å²) in [6, 6.07) is 8.00. The quantitative estimate of drug-likeness (QED) is 0.655. The molecule has 3 heterocycles. The van der Waals surface area contributed by atoms with Gasteiger partial charge in [-0.25, -0.2) is 9.36 Å². The van der Waals surface area contributed by atoms with Crippen molar-refractivity contribution >= 4 is 6.21 Å². The van der Waals surface area contributed by atoms with Crippen LogP contribution in [0.5, 0.6) is 0 Å². The molecule has 0 saturated carbocycles. The number of nitriles is 1. The fourth-order valence-electron chi connectivity index (χ4n) is 3.43. The van der Waals surface area contributed by atoms with E-state index >= 15 is 0 Å². The van der Waals surface area contributed by atoms with Gasteiger partial charge in [-0.1, -0.05) is 0 Å². The normalized spacial score (nSPS) is 11.5. The fourth-order valence-corrected chi connectivity index (χ4v) is 3.43. The van der Waals surface area contributed by atoms with Crippen molar-refractivity contribution < 1.29 is 0 Å². The predicted octanol–water partition coefficient (Wildman–Crippen LogP) is 3.40. The summed E-state index contributed by atoms with van der Waals surface area (Å²) in [6.45, 7) is 11.8. The molecule has 0 N–H and O–H groups in total. The van der Waals surface area contributed by atoms with Crippen LogP contribution in [0.1, 0.15) is 53.7 Å². The molecule has 0 bridgehead atoms. The van der Waals surface area contributed by atoms with Crippen molar-refractivity contribution in [2.75, 3.05) is 0 Å². The highest BCUT2D eigenvalue weighted by molar-refractivity contribution is 5.82. The summed E-state index contributed by atoms with van der Waals surface area (Å²) in [5.74, 6) is 0.986. The number of rotatable bonds is 4. The molecule has 28 heavy (non-hydrogen) atoms. The van der Waals surface area contributed by atoms with E-state index in [-0.39, 0.29) is 11.6 Å². The number of hydrogen-bond acceptors (Lipinski definition) is 4. The number of aryl methyl sites for hydroxylation is 3. The minimum atomic E-state index is -0.400. The summed E-state index contributed by atoms with van der Waals surface area (Å²) < 4.78 is 5.37. The molecular weight excluding hydrogens is 352 g/mol. The van der Waals surface area contributed by atoms with E-state index in [0.717, 1.165) is 22.8 Å². The van der Waals surface area contributed by atoms with Gasteiger partial charge in [0.2, 0.25) is 0 Å². The van der Waals surface area contributed by atoms with E-state index in [0.29, 0.717) is 11.3 Å². The first-order chi connectivity index (χ1) is 13.3. The molecule has 3 aromatic rings. The molecule has 0 atom stereocenters. The Morgan fingerprint density at radius 3 is 2.54 bits per heavy atom. The van der Waals surface area contributed by atoms with Crippen LogP contribution < -0.4 is 5.56 Å². The summed E-state index contributed by atoms with van der Waals surface area (Å²) in [7, 11) is 0. The van der Waals surface area contributed by atoms with Crippen LogP contribution in [0, 0.1) is 39.0 Å². The zero-order chi connectivity index (χ0) is 20.6. The lowest BCUT2D eigenvalue weighted by Gasteiger charge is -2.15. The van der Waals surface area contributed by atoms with Gasteiger partial charge in [-0.3, -0.25) is 4.79 Å². The van der Waals surface area contributed by atoms with Gasteiger partial charge in [0.05, 0.1) is 12.4 Å². The molecule has 0 amide bonds. The second-order valence-electron chi connectivity index (χ2n) is 7.21. The van der Waals surface area contributed by atoms with Gasteiger partial charge < -0.3 is 4.57 Å². The van der Waals surface area contributed by atoms with Gasteiger partial charge in [0.25, 0.3) is 5.56 Å². The van der Waals surface area contributed by atoms with Crippen LogP contribution in [0.4, 0.5) is 0 Å². The Morgan fingerprint density at radius 1 is 1.18 bits per heavy atom. The zero-order valence-electron chi connectivity index (χ0n) is 17.1. The Labute approximate surface area is 164 Å². The Kier molecular flexibility index (Phi) is 5.06. The second-order valence-corrected chi connectivity index (χ2v) is 7.21. The highest BCUT2D eigenvalue weighted by Crippen LogP contribution is 2.21. The average molecular weight is 376 g/mol. The molecule has 0 unspecified atom stereocenters. The topological polar surface area (TPSA) is 80.9 Å². The van der Waals surface area contributed by atoms with Crippen molar-refractivity contribution in [1.82, 2.24) is 19.0 Å². The van der Waals surface area contributed by atoms with E-state index in [2.05, 4.69) is 28.6 Å². The maximum absolute atomic E-state index is 12.5. The molecule has 0 saturated heterocycles. The van der Waals surface area contributed by atoms with Crippen LogP contribution >= 0.6 is 0 Å². The molecule has 0 fully saturated rings. The first-order valence-corrected chi connectivity index (χ1v) is 9.16. The number of nitrogens with zero attached hydrogens (tertiary/aromatic N) is 6. The minimum absolute atomic E-state index is 0.119. The molecule has 3 rings (SSSR count). The lowest BCUT2D eigenvalue weighted by Crippen LogP contribution is -2.22. The van der Waals surface area contributed by atoms with Gasteiger partial charge in [0.15, 0.2) is 0 Å². The first-order valence-electron chi connectivity index (χ1n) is 9.16. The highest BCUT2D eigenvalue weighted by Gasteiger charge is 2.15. The molecule has 3 aromatic heterocycles. The maximum Gasteiger partial charge on any atom is 0.289 e. The molecule has 0 radical (unpaired) electrons. The van der Waals surface area contributed by atoms with Crippen LogP contribution in [-0.4, -0.2) is 25.2 Å². The third-order valence-corrected chi connectivity index (χ3v) is 4.82. The van der Waals surface area contributed by atoms with E-state index in [1.807, 2.05) is 36.7 Å². The average Bonchev–Trinajstić information content (AvgIpc) is 3.19. The monoisotopic (exact) mass is 376 g/mol. The molecule has 0 aliphatic rings. The standard InChI is InChI=1S/C21H24N6O/c1-13(2)26-20(7-8-23-26)25-15(4)10-18(17(25)6)12-24-27-16(5)9-14(3)19(11-22)21(27)28/h7-10,12-13H,1-6H3/b24-12-. The van der Waals surface area contributed by atoms with Crippen molar-refractivity contribution in [2.45, 2.75) is 47.6 Å². The minimum Gasteiger partial charge on any atom is -0.303 e. The van der Waals surface area contributed by atoms with E-state index < -0.39 is 5.56 Å². The van der Waals surface area contributed by atoms with Crippen molar-refractivity contribution in [3.63, 3.8) is 0 Å². The van der Waals surface area contributed by atoms with Gasteiger partial charge in [-0.2, -0.15) is 15.5 Å². The maximum atomic E-state index is 12.5.